The number of rotatable bonds is 3. The van der Waals surface area contributed by atoms with E-state index >= 15 is 0 Å². The van der Waals surface area contributed by atoms with Crippen LogP contribution in [0.3, 0.4) is 0 Å². The van der Waals surface area contributed by atoms with Gasteiger partial charge in [0.05, 0.1) is 5.56 Å². The molecule has 0 atom stereocenters. The molecule has 16 heavy (non-hydrogen) atoms. The Labute approximate surface area is 92.5 Å². The summed E-state index contributed by atoms with van der Waals surface area (Å²) < 4.78 is 0. The number of carbonyl (C=O) groups is 2. The molecule has 0 heterocycles. The van der Waals surface area contributed by atoms with Crippen LogP contribution in [0.15, 0.2) is 24.3 Å². The predicted octanol–water partition coefficient (Wildman–Crippen LogP) is 1.83. The van der Waals surface area contributed by atoms with Gasteiger partial charge in [0.1, 0.15) is 11.2 Å². The number of hydrogen-bond donors (Lipinski definition) is 2. The number of carboxylic acids is 1. The van der Waals surface area contributed by atoms with Gasteiger partial charge in [-0.2, -0.15) is 0 Å². The van der Waals surface area contributed by atoms with Gasteiger partial charge in [0.25, 0.3) is 0 Å². The fourth-order valence-electron chi connectivity index (χ4n) is 1.99. The highest BCUT2D eigenvalue weighted by molar-refractivity contribution is 6.13. The summed E-state index contributed by atoms with van der Waals surface area (Å²) in [6, 6.07) is 6.06. The molecule has 2 rings (SSSR count). The van der Waals surface area contributed by atoms with E-state index in [0.29, 0.717) is 12.8 Å². The quantitative estimate of drug-likeness (QED) is 0.602. The smallest absolute Gasteiger partial charge is 0.317 e. The largest absolute Gasteiger partial charge is 0.507 e. The molecule has 1 aromatic rings. The summed E-state index contributed by atoms with van der Waals surface area (Å²) >= 11 is 0. The van der Waals surface area contributed by atoms with Crippen molar-refractivity contribution in [2.75, 3.05) is 0 Å². The molecule has 0 aliphatic heterocycles. The molecule has 0 spiro atoms. The van der Waals surface area contributed by atoms with Crippen LogP contribution in [0.25, 0.3) is 0 Å². The molecule has 0 aromatic heterocycles. The second-order valence-electron chi connectivity index (χ2n) is 4.09. The summed E-state index contributed by atoms with van der Waals surface area (Å²) in [5.74, 6) is -1.73. The minimum Gasteiger partial charge on any atom is -0.507 e. The maximum atomic E-state index is 12.1. The van der Waals surface area contributed by atoms with E-state index in [0.717, 1.165) is 6.42 Å². The summed E-state index contributed by atoms with van der Waals surface area (Å²) in [6.07, 6.45) is 1.45. The first-order valence-corrected chi connectivity index (χ1v) is 5.14. The van der Waals surface area contributed by atoms with Crippen LogP contribution in [0.2, 0.25) is 0 Å². The highest BCUT2D eigenvalue weighted by Crippen LogP contribution is 2.44. The van der Waals surface area contributed by atoms with Crippen LogP contribution in [0.1, 0.15) is 29.6 Å². The maximum Gasteiger partial charge on any atom is 0.317 e. The van der Waals surface area contributed by atoms with Crippen LogP contribution in [0.5, 0.6) is 5.75 Å². The van der Waals surface area contributed by atoms with Gasteiger partial charge in [0.15, 0.2) is 5.78 Å². The standard InChI is InChI=1S/C12H12O4/c13-9-5-2-1-4-8(9)10(14)12(11(15)16)6-3-7-12/h1-2,4-5,13H,3,6-7H2,(H,15,16). The van der Waals surface area contributed by atoms with Crippen molar-refractivity contribution in [2.24, 2.45) is 5.41 Å². The maximum absolute atomic E-state index is 12.1. The monoisotopic (exact) mass is 220 g/mol. The van der Waals surface area contributed by atoms with Gasteiger partial charge in [0.2, 0.25) is 0 Å². The van der Waals surface area contributed by atoms with Crippen molar-refractivity contribution in [1.82, 2.24) is 0 Å². The second-order valence-corrected chi connectivity index (χ2v) is 4.09. The Morgan fingerprint density at radius 2 is 1.81 bits per heavy atom. The zero-order valence-corrected chi connectivity index (χ0v) is 8.64. The van der Waals surface area contributed by atoms with Gasteiger partial charge < -0.3 is 10.2 Å². The van der Waals surface area contributed by atoms with E-state index in [1.165, 1.54) is 12.1 Å². The number of Topliss-reactive ketones (excluding diaryl/α,β-unsaturated/α-hetero) is 1. The third-order valence-electron chi connectivity index (χ3n) is 3.20. The predicted molar refractivity (Wildman–Crippen MR) is 56.4 cm³/mol. The molecule has 2 N–H and O–H groups in total. The van der Waals surface area contributed by atoms with Crippen molar-refractivity contribution in [1.29, 1.82) is 0 Å². The SMILES string of the molecule is O=C(O)C1(C(=O)c2ccccc2O)CCC1. The average molecular weight is 220 g/mol. The number of hydrogen-bond acceptors (Lipinski definition) is 3. The van der Waals surface area contributed by atoms with Crippen LogP contribution in [0.4, 0.5) is 0 Å². The molecule has 84 valence electrons. The number of carboxylic acid groups (broad SMARTS) is 1. The van der Waals surface area contributed by atoms with Crippen LogP contribution in [0, 0.1) is 5.41 Å². The molecule has 1 fully saturated rings. The molecule has 0 saturated heterocycles. The Hall–Kier alpha value is -1.84. The highest BCUT2D eigenvalue weighted by atomic mass is 16.4. The number of aliphatic carboxylic acids is 1. The molecule has 1 aliphatic carbocycles. The first-order valence-electron chi connectivity index (χ1n) is 5.14. The first kappa shape index (κ1) is 10.7. The molecule has 0 bridgehead atoms. The van der Waals surface area contributed by atoms with E-state index < -0.39 is 17.2 Å². The molecule has 0 amide bonds. The first-order chi connectivity index (χ1) is 7.58. The molecule has 1 aliphatic rings. The van der Waals surface area contributed by atoms with Crippen molar-refractivity contribution in [3.8, 4) is 5.75 Å². The fraction of sp³-hybridized carbons (Fsp3) is 0.333. The van der Waals surface area contributed by atoms with Gasteiger partial charge in [-0.25, -0.2) is 0 Å². The van der Waals surface area contributed by atoms with Crippen molar-refractivity contribution >= 4 is 11.8 Å². The van der Waals surface area contributed by atoms with Gasteiger partial charge in [-0.05, 0) is 25.0 Å². The third kappa shape index (κ3) is 1.38. The lowest BCUT2D eigenvalue weighted by Gasteiger charge is -2.36. The summed E-state index contributed by atoms with van der Waals surface area (Å²) in [5, 5.41) is 18.6. The van der Waals surface area contributed by atoms with Gasteiger partial charge in [0, 0.05) is 0 Å². The molecule has 1 aromatic carbocycles. The number of ketones is 1. The molecule has 4 nitrogen and oxygen atoms in total. The van der Waals surface area contributed by atoms with E-state index in [9.17, 15) is 14.7 Å². The molecule has 0 unspecified atom stereocenters. The molecular formula is C12H12O4. The summed E-state index contributed by atoms with van der Waals surface area (Å²) in [6.45, 7) is 0. The van der Waals surface area contributed by atoms with E-state index in [1.54, 1.807) is 12.1 Å². The van der Waals surface area contributed by atoms with Crippen LogP contribution in [-0.2, 0) is 4.79 Å². The van der Waals surface area contributed by atoms with Crippen molar-refractivity contribution < 1.29 is 19.8 Å². The lowest BCUT2D eigenvalue weighted by molar-refractivity contribution is -0.150. The average Bonchev–Trinajstić information content (AvgIpc) is 2.15. The van der Waals surface area contributed by atoms with Crippen molar-refractivity contribution in [2.45, 2.75) is 19.3 Å². The van der Waals surface area contributed by atoms with Crippen molar-refractivity contribution in [3.05, 3.63) is 29.8 Å². The van der Waals surface area contributed by atoms with E-state index in [4.69, 9.17) is 5.11 Å². The Balaban J connectivity index is 2.39. The third-order valence-corrected chi connectivity index (χ3v) is 3.20. The summed E-state index contributed by atoms with van der Waals surface area (Å²) in [5.41, 5.74) is -1.21. The Kier molecular flexibility index (Phi) is 2.42. The van der Waals surface area contributed by atoms with Crippen molar-refractivity contribution in [3.63, 3.8) is 0 Å². The minimum atomic E-state index is -1.31. The number of carbonyl (C=O) groups excluding carboxylic acids is 1. The minimum absolute atomic E-state index is 0.101. The lowest BCUT2D eigenvalue weighted by Crippen LogP contribution is -2.45. The fourth-order valence-corrected chi connectivity index (χ4v) is 1.99. The van der Waals surface area contributed by atoms with Crippen LogP contribution in [-0.4, -0.2) is 22.0 Å². The normalized spacial score (nSPS) is 17.5. The van der Waals surface area contributed by atoms with E-state index in [-0.39, 0.29) is 11.3 Å². The van der Waals surface area contributed by atoms with Crippen LogP contribution >= 0.6 is 0 Å². The highest BCUT2D eigenvalue weighted by Gasteiger charge is 2.51. The zero-order chi connectivity index (χ0) is 11.8. The number of aromatic hydroxyl groups is 1. The van der Waals surface area contributed by atoms with E-state index in [1.807, 2.05) is 0 Å². The van der Waals surface area contributed by atoms with Gasteiger partial charge in [-0.1, -0.05) is 18.6 Å². The Bertz CT molecular complexity index is 446. The number of benzene rings is 1. The topological polar surface area (TPSA) is 74.6 Å². The Morgan fingerprint density at radius 1 is 1.19 bits per heavy atom. The zero-order valence-electron chi connectivity index (χ0n) is 8.64. The second kappa shape index (κ2) is 3.63. The number of phenols is 1. The molecular weight excluding hydrogens is 208 g/mol. The summed E-state index contributed by atoms with van der Waals surface area (Å²) in [4.78, 5) is 23.2. The molecule has 4 heteroatoms. The summed E-state index contributed by atoms with van der Waals surface area (Å²) in [7, 11) is 0. The van der Waals surface area contributed by atoms with Gasteiger partial charge in [-0.3, -0.25) is 9.59 Å². The van der Waals surface area contributed by atoms with E-state index in [2.05, 4.69) is 0 Å². The number of para-hydroxylation sites is 1. The number of phenolic OH excluding ortho intramolecular Hbond substituents is 1. The lowest BCUT2D eigenvalue weighted by atomic mass is 9.64. The molecule has 0 radical (unpaired) electrons. The molecule has 1 saturated carbocycles. The van der Waals surface area contributed by atoms with Gasteiger partial charge in [-0.15, -0.1) is 0 Å². The van der Waals surface area contributed by atoms with Crippen LogP contribution < -0.4 is 0 Å². The van der Waals surface area contributed by atoms with Gasteiger partial charge >= 0.3 is 5.97 Å². The Morgan fingerprint density at radius 3 is 2.25 bits per heavy atom.